The summed E-state index contributed by atoms with van der Waals surface area (Å²) in [6, 6.07) is 0. The summed E-state index contributed by atoms with van der Waals surface area (Å²) in [5, 5.41) is 0. The number of hydrogen-bond acceptors (Lipinski definition) is 2. The molecule has 0 aromatic heterocycles. The van der Waals surface area contributed by atoms with Crippen molar-refractivity contribution >= 4 is 7.37 Å². The molecule has 0 saturated heterocycles. The molecule has 0 bridgehead atoms. The second kappa shape index (κ2) is 11.3. The fraction of sp³-hybridized carbons (Fsp3) is 1.00. The molecule has 0 aliphatic carbocycles. The highest BCUT2D eigenvalue weighted by Gasteiger charge is 2.05. The molecule has 0 rings (SSSR count). The Morgan fingerprint density at radius 2 is 1.18 bits per heavy atom. The predicted molar refractivity (Wildman–Crippen MR) is 77.3 cm³/mol. The zero-order chi connectivity index (χ0) is 13.0. The van der Waals surface area contributed by atoms with Crippen LogP contribution in [-0.2, 0) is 9.09 Å². The van der Waals surface area contributed by atoms with E-state index >= 15 is 0 Å². The van der Waals surface area contributed by atoms with Crippen molar-refractivity contribution in [2.45, 2.75) is 71.1 Å². The number of unbranched alkanes of at least 4 members (excludes halogenated alkanes) is 9. The summed E-state index contributed by atoms with van der Waals surface area (Å²) in [5.74, 6) is 0. The molecular formula is C14H31O2P. The molecule has 0 aromatic carbocycles. The van der Waals surface area contributed by atoms with Crippen molar-refractivity contribution in [3.63, 3.8) is 0 Å². The summed E-state index contributed by atoms with van der Waals surface area (Å²) >= 11 is 0. The molecule has 0 aliphatic rings. The van der Waals surface area contributed by atoms with Gasteiger partial charge in [0.15, 0.2) is 7.37 Å². The van der Waals surface area contributed by atoms with Crippen LogP contribution in [0.5, 0.6) is 0 Å². The van der Waals surface area contributed by atoms with Crippen molar-refractivity contribution in [3.8, 4) is 0 Å². The fourth-order valence-electron chi connectivity index (χ4n) is 1.87. The maximum atomic E-state index is 11.3. The van der Waals surface area contributed by atoms with Crippen molar-refractivity contribution in [1.82, 2.24) is 0 Å². The zero-order valence-electron chi connectivity index (χ0n) is 12.0. The van der Waals surface area contributed by atoms with Gasteiger partial charge in [0.2, 0.25) is 0 Å². The second-order valence-electron chi connectivity index (χ2n) is 5.27. The first kappa shape index (κ1) is 17.2. The quantitative estimate of drug-likeness (QED) is 0.345. The molecule has 0 aliphatic heterocycles. The first-order valence-electron chi connectivity index (χ1n) is 7.26. The molecule has 0 saturated carbocycles. The molecule has 0 amide bonds. The third kappa shape index (κ3) is 16.2. The second-order valence-corrected chi connectivity index (χ2v) is 8.03. The normalized spacial score (nSPS) is 11.9. The van der Waals surface area contributed by atoms with Crippen LogP contribution in [-0.4, -0.2) is 19.9 Å². The fourth-order valence-corrected chi connectivity index (χ4v) is 2.44. The van der Waals surface area contributed by atoms with Gasteiger partial charge in [0.25, 0.3) is 0 Å². The summed E-state index contributed by atoms with van der Waals surface area (Å²) < 4.78 is 16.5. The van der Waals surface area contributed by atoms with E-state index < -0.39 is 7.37 Å². The summed E-state index contributed by atoms with van der Waals surface area (Å²) in [5.41, 5.74) is 0. The Hall–Kier alpha value is 0.190. The van der Waals surface area contributed by atoms with E-state index in [0.717, 1.165) is 6.42 Å². The van der Waals surface area contributed by atoms with Crippen LogP contribution >= 0.6 is 7.37 Å². The summed E-state index contributed by atoms with van der Waals surface area (Å²) in [7, 11) is -2.24. The van der Waals surface area contributed by atoms with E-state index in [1.807, 2.05) is 0 Å². The van der Waals surface area contributed by atoms with Gasteiger partial charge in [-0.15, -0.1) is 0 Å². The van der Waals surface area contributed by atoms with Crippen molar-refractivity contribution in [2.75, 3.05) is 19.9 Å². The monoisotopic (exact) mass is 262 g/mol. The van der Waals surface area contributed by atoms with E-state index in [1.54, 1.807) is 13.3 Å². The van der Waals surface area contributed by atoms with E-state index in [9.17, 15) is 4.57 Å². The molecule has 17 heavy (non-hydrogen) atoms. The van der Waals surface area contributed by atoms with Gasteiger partial charge in [-0.25, -0.2) is 0 Å². The maximum absolute atomic E-state index is 11.3. The third-order valence-electron chi connectivity index (χ3n) is 2.90. The van der Waals surface area contributed by atoms with Crippen LogP contribution in [0.4, 0.5) is 0 Å². The summed E-state index contributed by atoms with van der Waals surface area (Å²) in [6.45, 7) is 6.29. The highest BCUT2D eigenvalue weighted by Crippen LogP contribution is 2.37. The van der Waals surface area contributed by atoms with Crippen LogP contribution in [0, 0.1) is 0 Å². The van der Waals surface area contributed by atoms with Gasteiger partial charge >= 0.3 is 0 Å². The highest BCUT2D eigenvalue weighted by atomic mass is 31.2. The van der Waals surface area contributed by atoms with Gasteiger partial charge in [0.05, 0.1) is 6.61 Å². The van der Waals surface area contributed by atoms with E-state index in [-0.39, 0.29) is 0 Å². The third-order valence-corrected chi connectivity index (χ3v) is 3.70. The summed E-state index contributed by atoms with van der Waals surface area (Å²) in [6.07, 6.45) is 13.2. The molecule has 0 aromatic rings. The van der Waals surface area contributed by atoms with Crippen LogP contribution in [0.2, 0.25) is 0 Å². The van der Waals surface area contributed by atoms with E-state index in [0.29, 0.717) is 6.61 Å². The van der Waals surface area contributed by atoms with Gasteiger partial charge in [-0.2, -0.15) is 0 Å². The zero-order valence-corrected chi connectivity index (χ0v) is 12.9. The van der Waals surface area contributed by atoms with Gasteiger partial charge in [0, 0.05) is 13.3 Å². The lowest BCUT2D eigenvalue weighted by Gasteiger charge is -2.07. The molecule has 2 nitrogen and oxygen atoms in total. The van der Waals surface area contributed by atoms with Crippen molar-refractivity contribution < 1.29 is 9.09 Å². The van der Waals surface area contributed by atoms with Gasteiger partial charge < -0.3 is 4.52 Å². The lowest BCUT2D eigenvalue weighted by atomic mass is 10.1. The van der Waals surface area contributed by atoms with E-state index in [2.05, 4.69) is 6.92 Å². The van der Waals surface area contributed by atoms with Crippen LogP contribution in [0.3, 0.4) is 0 Å². The number of hydrogen-bond donors (Lipinski definition) is 0. The lowest BCUT2D eigenvalue weighted by molar-refractivity contribution is 0.308. The topological polar surface area (TPSA) is 26.3 Å². The Balaban J connectivity index is 3.01. The van der Waals surface area contributed by atoms with Gasteiger partial charge in [-0.1, -0.05) is 64.7 Å². The smallest absolute Gasteiger partial charge is 0.197 e. The van der Waals surface area contributed by atoms with Crippen LogP contribution in [0.25, 0.3) is 0 Å². The van der Waals surface area contributed by atoms with Gasteiger partial charge in [-0.05, 0) is 6.42 Å². The molecule has 0 radical (unpaired) electrons. The molecule has 104 valence electrons. The molecule has 0 spiro atoms. The Bertz CT molecular complexity index is 198. The minimum absolute atomic E-state index is 0.667. The van der Waals surface area contributed by atoms with Crippen molar-refractivity contribution in [1.29, 1.82) is 0 Å². The van der Waals surface area contributed by atoms with Crippen LogP contribution in [0.1, 0.15) is 71.1 Å². The first-order valence-corrected chi connectivity index (χ1v) is 9.77. The molecule has 0 fully saturated rings. The standard InChI is InChI=1S/C14H31O2P/c1-4-5-6-7-8-9-10-11-12-13-14-16-17(2,3)15/h4-14H2,1-3H3. The van der Waals surface area contributed by atoms with E-state index in [4.69, 9.17) is 4.52 Å². The lowest BCUT2D eigenvalue weighted by Crippen LogP contribution is -1.91. The Kier molecular flexibility index (Phi) is 11.4. The molecule has 0 heterocycles. The molecule has 0 unspecified atom stereocenters. The first-order chi connectivity index (χ1) is 8.06. The Morgan fingerprint density at radius 3 is 1.59 bits per heavy atom. The number of rotatable bonds is 12. The van der Waals surface area contributed by atoms with E-state index in [1.165, 1.54) is 57.8 Å². The average Bonchev–Trinajstić information content (AvgIpc) is 2.24. The van der Waals surface area contributed by atoms with Crippen LogP contribution < -0.4 is 0 Å². The van der Waals surface area contributed by atoms with Gasteiger partial charge in [0.1, 0.15) is 0 Å². The largest absolute Gasteiger partial charge is 0.329 e. The maximum Gasteiger partial charge on any atom is 0.197 e. The minimum atomic E-state index is -2.24. The molecule has 3 heteroatoms. The van der Waals surface area contributed by atoms with Crippen molar-refractivity contribution in [3.05, 3.63) is 0 Å². The Morgan fingerprint density at radius 1 is 0.765 bits per heavy atom. The highest BCUT2D eigenvalue weighted by molar-refractivity contribution is 7.57. The molecule has 0 atom stereocenters. The average molecular weight is 262 g/mol. The van der Waals surface area contributed by atoms with Gasteiger partial charge in [-0.3, -0.25) is 4.57 Å². The summed E-state index contributed by atoms with van der Waals surface area (Å²) in [4.78, 5) is 0. The SMILES string of the molecule is CCCCCCCCCCCCOP(C)(C)=O. The minimum Gasteiger partial charge on any atom is -0.329 e. The molecular weight excluding hydrogens is 231 g/mol. The Labute approximate surface area is 108 Å². The predicted octanol–water partition coefficient (Wildman–Crippen LogP) is 5.46. The molecule has 0 N–H and O–H groups in total. The van der Waals surface area contributed by atoms with Crippen molar-refractivity contribution in [2.24, 2.45) is 0 Å². The van der Waals surface area contributed by atoms with Crippen LogP contribution in [0.15, 0.2) is 0 Å².